The summed E-state index contributed by atoms with van der Waals surface area (Å²) in [6.07, 6.45) is 5.00. The zero-order valence-corrected chi connectivity index (χ0v) is 9.11. The smallest absolute Gasteiger partial charge is 0.236 e. The van der Waals surface area contributed by atoms with Crippen molar-refractivity contribution in [1.82, 2.24) is 10.2 Å². The zero-order chi connectivity index (χ0) is 10.7. The molecule has 1 amide bonds. The zero-order valence-electron chi connectivity index (χ0n) is 9.11. The first-order chi connectivity index (χ1) is 7.25. The van der Waals surface area contributed by atoms with Gasteiger partial charge in [-0.2, -0.15) is 0 Å². The van der Waals surface area contributed by atoms with Gasteiger partial charge in [-0.15, -0.1) is 0 Å². The lowest BCUT2D eigenvalue weighted by atomic mass is 9.89. The molecule has 0 unspecified atom stereocenters. The molecule has 0 atom stereocenters. The molecule has 1 saturated carbocycles. The Morgan fingerprint density at radius 1 is 1.27 bits per heavy atom. The summed E-state index contributed by atoms with van der Waals surface area (Å²) in [6, 6.07) is 0.355. The van der Waals surface area contributed by atoms with Crippen molar-refractivity contribution in [3.8, 4) is 0 Å². The van der Waals surface area contributed by atoms with Crippen LogP contribution in [0.3, 0.4) is 0 Å². The summed E-state index contributed by atoms with van der Waals surface area (Å²) in [5, 5.41) is 12.3. The van der Waals surface area contributed by atoms with E-state index in [-0.39, 0.29) is 12.0 Å². The van der Waals surface area contributed by atoms with Crippen molar-refractivity contribution in [2.75, 3.05) is 19.6 Å². The normalized spacial score (nSPS) is 31.1. The number of nitrogens with one attached hydrogen (secondary N) is 1. The van der Waals surface area contributed by atoms with Crippen molar-refractivity contribution in [3.63, 3.8) is 0 Å². The Morgan fingerprint density at radius 2 is 1.93 bits per heavy atom. The number of aliphatic hydroxyl groups is 1. The first kappa shape index (κ1) is 10.9. The van der Waals surface area contributed by atoms with E-state index in [2.05, 4.69) is 5.32 Å². The molecule has 1 saturated heterocycles. The van der Waals surface area contributed by atoms with Gasteiger partial charge >= 0.3 is 0 Å². The largest absolute Gasteiger partial charge is 0.393 e. The number of rotatable bonds is 3. The Hall–Kier alpha value is -0.610. The highest BCUT2D eigenvalue weighted by molar-refractivity contribution is 5.78. The van der Waals surface area contributed by atoms with Crippen molar-refractivity contribution in [1.29, 1.82) is 0 Å². The maximum absolute atomic E-state index is 11.7. The molecule has 2 rings (SSSR count). The van der Waals surface area contributed by atoms with Crippen LogP contribution in [0.1, 0.15) is 32.1 Å². The first-order valence-corrected chi connectivity index (χ1v) is 5.95. The molecular weight excluding hydrogens is 192 g/mol. The van der Waals surface area contributed by atoms with Crippen LogP contribution < -0.4 is 5.32 Å². The van der Waals surface area contributed by atoms with Gasteiger partial charge in [0.2, 0.25) is 5.91 Å². The number of carbonyl (C=O) groups is 1. The van der Waals surface area contributed by atoms with E-state index in [9.17, 15) is 4.79 Å². The van der Waals surface area contributed by atoms with Gasteiger partial charge in [-0.05, 0) is 32.1 Å². The standard InChI is InChI=1S/C11H20N2O2/c14-10-6-9(7-10)12-8-11(15)13-4-2-1-3-5-13/h9-10,12,14H,1-8H2. The average Bonchev–Trinajstić information content (AvgIpc) is 2.23. The Bertz CT molecular complexity index is 221. The second-order valence-electron chi connectivity index (χ2n) is 4.64. The minimum Gasteiger partial charge on any atom is -0.393 e. The van der Waals surface area contributed by atoms with Gasteiger partial charge in [0.25, 0.3) is 0 Å². The fourth-order valence-electron chi connectivity index (χ4n) is 2.24. The molecule has 86 valence electrons. The molecule has 0 aromatic rings. The summed E-state index contributed by atoms with van der Waals surface area (Å²) in [7, 11) is 0. The summed E-state index contributed by atoms with van der Waals surface area (Å²) in [4.78, 5) is 13.7. The van der Waals surface area contributed by atoms with Crippen LogP contribution in [0.25, 0.3) is 0 Å². The van der Waals surface area contributed by atoms with Gasteiger partial charge in [-0.25, -0.2) is 0 Å². The van der Waals surface area contributed by atoms with E-state index < -0.39 is 0 Å². The number of hydrogen-bond donors (Lipinski definition) is 2. The van der Waals surface area contributed by atoms with Gasteiger partial charge in [0, 0.05) is 19.1 Å². The van der Waals surface area contributed by atoms with Crippen molar-refractivity contribution in [3.05, 3.63) is 0 Å². The maximum atomic E-state index is 11.7. The van der Waals surface area contributed by atoms with Gasteiger partial charge in [-0.1, -0.05) is 0 Å². The van der Waals surface area contributed by atoms with E-state index in [0.717, 1.165) is 38.8 Å². The molecule has 2 N–H and O–H groups in total. The van der Waals surface area contributed by atoms with Crippen molar-refractivity contribution >= 4 is 5.91 Å². The molecule has 0 radical (unpaired) electrons. The Kier molecular flexibility index (Phi) is 3.59. The van der Waals surface area contributed by atoms with Crippen LogP contribution in [-0.4, -0.2) is 47.7 Å². The molecule has 4 nitrogen and oxygen atoms in total. The molecule has 1 aliphatic carbocycles. The highest BCUT2D eigenvalue weighted by Gasteiger charge is 2.27. The van der Waals surface area contributed by atoms with Crippen LogP contribution in [0.15, 0.2) is 0 Å². The summed E-state index contributed by atoms with van der Waals surface area (Å²) < 4.78 is 0. The van der Waals surface area contributed by atoms with Crippen LogP contribution in [0.4, 0.5) is 0 Å². The highest BCUT2D eigenvalue weighted by Crippen LogP contribution is 2.19. The molecule has 0 aromatic heterocycles. The quantitative estimate of drug-likeness (QED) is 0.698. The Labute approximate surface area is 90.6 Å². The fraction of sp³-hybridized carbons (Fsp3) is 0.909. The van der Waals surface area contributed by atoms with E-state index in [4.69, 9.17) is 5.11 Å². The fourth-order valence-corrected chi connectivity index (χ4v) is 2.24. The van der Waals surface area contributed by atoms with Crippen molar-refractivity contribution in [2.45, 2.75) is 44.2 Å². The second-order valence-corrected chi connectivity index (χ2v) is 4.64. The summed E-state index contributed by atoms with van der Waals surface area (Å²) in [6.45, 7) is 2.29. The van der Waals surface area contributed by atoms with E-state index >= 15 is 0 Å². The summed E-state index contributed by atoms with van der Waals surface area (Å²) >= 11 is 0. The van der Waals surface area contributed by atoms with Gasteiger partial charge in [-0.3, -0.25) is 4.79 Å². The van der Waals surface area contributed by atoms with E-state index in [0.29, 0.717) is 12.6 Å². The topological polar surface area (TPSA) is 52.6 Å². The molecule has 1 heterocycles. The number of carbonyl (C=O) groups excluding carboxylic acids is 1. The molecule has 4 heteroatoms. The van der Waals surface area contributed by atoms with Crippen LogP contribution in [0.2, 0.25) is 0 Å². The average molecular weight is 212 g/mol. The van der Waals surface area contributed by atoms with Crippen molar-refractivity contribution in [2.24, 2.45) is 0 Å². The SMILES string of the molecule is O=C(CNC1CC(O)C1)N1CCCCC1. The van der Waals surface area contributed by atoms with Crippen LogP contribution in [0.5, 0.6) is 0 Å². The summed E-state index contributed by atoms with van der Waals surface area (Å²) in [5.74, 6) is 0.219. The second kappa shape index (κ2) is 4.94. The lowest BCUT2D eigenvalue weighted by Crippen LogP contribution is -2.49. The highest BCUT2D eigenvalue weighted by atomic mass is 16.3. The first-order valence-electron chi connectivity index (χ1n) is 5.95. The van der Waals surface area contributed by atoms with Crippen LogP contribution in [0, 0.1) is 0 Å². The molecule has 2 fully saturated rings. The Balaban J connectivity index is 1.63. The predicted molar refractivity (Wildman–Crippen MR) is 57.5 cm³/mol. The third kappa shape index (κ3) is 2.92. The van der Waals surface area contributed by atoms with Gasteiger partial charge in [0.15, 0.2) is 0 Å². The van der Waals surface area contributed by atoms with E-state index in [1.807, 2.05) is 4.90 Å². The molecule has 0 aromatic carbocycles. The lowest BCUT2D eigenvalue weighted by Gasteiger charge is -2.33. The molecule has 15 heavy (non-hydrogen) atoms. The number of nitrogens with zero attached hydrogens (tertiary/aromatic N) is 1. The van der Waals surface area contributed by atoms with Gasteiger partial charge in [0.05, 0.1) is 12.6 Å². The van der Waals surface area contributed by atoms with Gasteiger partial charge in [0.1, 0.15) is 0 Å². The van der Waals surface area contributed by atoms with Crippen LogP contribution >= 0.6 is 0 Å². The molecule has 1 aliphatic heterocycles. The third-order valence-electron chi connectivity index (χ3n) is 3.36. The molecule has 2 aliphatic rings. The van der Waals surface area contributed by atoms with E-state index in [1.54, 1.807) is 0 Å². The predicted octanol–water partition coefficient (Wildman–Crippen LogP) is 0.112. The number of piperidine rings is 1. The lowest BCUT2D eigenvalue weighted by molar-refractivity contribution is -0.131. The molecular formula is C11H20N2O2. The number of likely N-dealkylation sites (tertiary alicyclic amines) is 1. The molecule has 0 bridgehead atoms. The minimum absolute atomic E-state index is 0.146. The monoisotopic (exact) mass is 212 g/mol. The van der Waals surface area contributed by atoms with E-state index in [1.165, 1.54) is 6.42 Å². The maximum Gasteiger partial charge on any atom is 0.236 e. The minimum atomic E-state index is -0.146. The molecule has 0 spiro atoms. The number of hydrogen-bond acceptors (Lipinski definition) is 3. The summed E-state index contributed by atoms with van der Waals surface area (Å²) in [5.41, 5.74) is 0. The number of aliphatic hydroxyl groups excluding tert-OH is 1. The Morgan fingerprint density at radius 3 is 2.53 bits per heavy atom. The number of amides is 1. The van der Waals surface area contributed by atoms with Crippen molar-refractivity contribution < 1.29 is 9.90 Å². The third-order valence-corrected chi connectivity index (χ3v) is 3.36. The van der Waals surface area contributed by atoms with Crippen LogP contribution in [-0.2, 0) is 4.79 Å². The van der Waals surface area contributed by atoms with Gasteiger partial charge < -0.3 is 15.3 Å².